The highest BCUT2D eigenvalue weighted by molar-refractivity contribution is 5.91. The topological polar surface area (TPSA) is 80.0 Å². The minimum Gasteiger partial charge on any atom is -0.395 e. The van der Waals surface area contributed by atoms with Crippen LogP contribution >= 0.6 is 0 Å². The van der Waals surface area contributed by atoms with Crippen molar-refractivity contribution in [1.29, 1.82) is 0 Å². The van der Waals surface area contributed by atoms with Gasteiger partial charge in [-0.1, -0.05) is 18.2 Å². The van der Waals surface area contributed by atoms with Crippen LogP contribution in [0.4, 0.5) is 4.39 Å². The number of para-hydroxylation sites is 1. The van der Waals surface area contributed by atoms with Crippen LogP contribution in [0.3, 0.4) is 0 Å². The molecular formula is C17H15FN4O2. The molecule has 122 valence electrons. The summed E-state index contributed by atoms with van der Waals surface area (Å²) in [5.41, 5.74) is 1.36. The number of halogens is 1. The molecule has 0 radical (unpaired) electrons. The van der Waals surface area contributed by atoms with Gasteiger partial charge >= 0.3 is 0 Å². The third-order valence-electron chi connectivity index (χ3n) is 3.31. The van der Waals surface area contributed by atoms with E-state index in [0.717, 1.165) is 5.69 Å². The number of carbonyl (C=O) groups is 1. The molecule has 0 saturated carbocycles. The van der Waals surface area contributed by atoms with E-state index in [9.17, 15) is 9.18 Å². The van der Waals surface area contributed by atoms with E-state index in [2.05, 4.69) is 15.4 Å². The second-order valence-corrected chi connectivity index (χ2v) is 4.99. The van der Waals surface area contributed by atoms with Crippen LogP contribution in [0, 0.1) is 5.82 Å². The summed E-state index contributed by atoms with van der Waals surface area (Å²) < 4.78 is 14.7. The van der Waals surface area contributed by atoms with Crippen molar-refractivity contribution in [1.82, 2.24) is 20.1 Å². The second kappa shape index (κ2) is 7.01. The average molecular weight is 326 g/mol. The van der Waals surface area contributed by atoms with E-state index in [1.54, 1.807) is 12.1 Å². The van der Waals surface area contributed by atoms with Crippen LogP contribution in [-0.2, 0) is 0 Å². The first-order valence-corrected chi connectivity index (χ1v) is 7.36. The van der Waals surface area contributed by atoms with Crippen LogP contribution < -0.4 is 5.32 Å². The maximum absolute atomic E-state index is 13.2. The van der Waals surface area contributed by atoms with Crippen molar-refractivity contribution in [2.24, 2.45) is 0 Å². The van der Waals surface area contributed by atoms with Gasteiger partial charge in [0, 0.05) is 12.1 Å². The molecule has 2 aromatic carbocycles. The third kappa shape index (κ3) is 3.31. The predicted octanol–water partition coefficient (Wildman–Crippen LogP) is 1.80. The van der Waals surface area contributed by atoms with Crippen LogP contribution in [-0.4, -0.2) is 38.9 Å². The van der Waals surface area contributed by atoms with Crippen molar-refractivity contribution in [3.63, 3.8) is 0 Å². The molecule has 24 heavy (non-hydrogen) atoms. The van der Waals surface area contributed by atoms with E-state index in [1.165, 1.54) is 16.8 Å². The van der Waals surface area contributed by atoms with Crippen LogP contribution in [0.1, 0.15) is 10.6 Å². The highest BCUT2D eigenvalue weighted by atomic mass is 19.1. The molecule has 3 aromatic rings. The number of amides is 1. The number of aromatic nitrogens is 3. The molecule has 0 unspecified atom stereocenters. The lowest BCUT2D eigenvalue weighted by molar-refractivity contribution is 0.0934. The molecule has 0 aliphatic carbocycles. The number of carbonyl (C=O) groups excluding carboxylic acids is 1. The summed E-state index contributed by atoms with van der Waals surface area (Å²) in [6, 6.07) is 15.0. The largest absolute Gasteiger partial charge is 0.395 e. The van der Waals surface area contributed by atoms with Crippen LogP contribution in [0.15, 0.2) is 54.6 Å². The van der Waals surface area contributed by atoms with Crippen molar-refractivity contribution in [3.05, 3.63) is 66.2 Å². The van der Waals surface area contributed by atoms with Gasteiger partial charge in [0.25, 0.3) is 5.91 Å². The van der Waals surface area contributed by atoms with Gasteiger partial charge in [-0.2, -0.15) is 0 Å². The van der Waals surface area contributed by atoms with Crippen molar-refractivity contribution in [2.75, 3.05) is 13.2 Å². The molecule has 6 nitrogen and oxygen atoms in total. The highest BCUT2D eigenvalue weighted by Crippen LogP contribution is 2.21. The van der Waals surface area contributed by atoms with E-state index < -0.39 is 5.91 Å². The molecule has 7 heteroatoms. The van der Waals surface area contributed by atoms with Crippen molar-refractivity contribution in [2.45, 2.75) is 0 Å². The molecule has 0 fully saturated rings. The lowest BCUT2D eigenvalue weighted by atomic mass is 10.2. The van der Waals surface area contributed by atoms with Crippen molar-refractivity contribution in [3.8, 4) is 17.1 Å². The van der Waals surface area contributed by atoms with E-state index in [4.69, 9.17) is 5.11 Å². The van der Waals surface area contributed by atoms with Gasteiger partial charge < -0.3 is 10.4 Å². The normalized spacial score (nSPS) is 10.6. The highest BCUT2D eigenvalue weighted by Gasteiger charge is 2.18. The SMILES string of the molecule is O=C(NCCO)c1nc(-c2ccc(F)cc2)n(-c2ccccc2)n1. The van der Waals surface area contributed by atoms with Gasteiger partial charge in [-0.15, -0.1) is 5.10 Å². The number of hydrogen-bond acceptors (Lipinski definition) is 4. The monoisotopic (exact) mass is 326 g/mol. The molecule has 0 spiro atoms. The van der Waals surface area contributed by atoms with Gasteiger partial charge in [0.15, 0.2) is 5.82 Å². The Morgan fingerprint density at radius 2 is 1.83 bits per heavy atom. The number of nitrogens with zero attached hydrogens (tertiary/aromatic N) is 3. The minimum atomic E-state index is -0.484. The molecule has 0 bridgehead atoms. The zero-order valence-electron chi connectivity index (χ0n) is 12.7. The fourth-order valence-electron chi connectivity index (χ4n) is 2.19. The van der Waals surface area contributed by atoms with Crippen molar-refractivity contribution < 1.29 is 14.3 Å². The first-order chi connectivity index (χ1) is 11.7. The summed E-state index contributed by atoms with van der Waals surface area (Å²) in [5.74, 6) is -0.436. The van der Waals surface area contributed by atoms with Gasteiger partial charge in [0.1, 0.15) is 5.82 Å². The Hall–Kier alpha value is -3.06. The Labute approximate surface area is 137 Å². The molecule has 2 N–H and O–H groups in total. The zero-order chi connectivity index (χ0) is 16.9. The van der Waals surface area contributed by atoms with Gasteiger partial charge in [-0.05, 0) is 36.4 Å². The Morgan fingerprint density at radius 3 is 2.50 bits per heavy atom. The quantitative estimate of drug-likeness (QED) is 0.749. The molecule has 3 rings (SSSR count). The summed E-state index contributed by atoms with van der Waals surface area (Å²) in [5, 5.41) is 15.6. The van der Waals surface area contributed by atoms with Crippen LogP contribution in [0.2, 0.25) is 0 Å². The number of aliphatic hydroxyl groups is 1. The van der Waals surface area contributed by atoms with Gasteiger partial charge in [-0.25, -0.2) is 14.1 Å². The summed E-state index contributed by atoms with van der Waals surface area (Å²) in [6.45, 7) is -0.0550. The minimum absolute atomic E-state index is 0.0216. The number of hydrogen-bond donors (Lipinski definition) is 2. The molecular weight excluding hydrogens is 311 g/mol. The molecule has 0 aliphatic rings. The molecule has 1 heterocycles. The summed E-state index contributed by atoms with van der Waals surface area (Å²) >= 11 is 0. The van der Waals surface area contributed by atoms with Crippen molar-refractivity contribution >= 4 is 5.91 Å². The van der Waals surface area contributed by atoms with Crippen LogP contribution in [0.25, 0.3) is 17.1 Å². The van der Waals surface area contributed by atoms with E-state index in [0.29, 0.717) is 11.4 Å². The number of aliphatic hydroxyl groups excluding tert-OH is 1. The molecule has 0 aliphatic heterocycles. The summed E-state index contributed by atoms with van der Waals surface area (Å²) in [6.07, 6.45) is 0. The van der Waals surface area contributed by atoms with Crippen LogP contribution in [0.5, 0.6) is 0 Å². The Bertz CT molecular complexity index is 832. The number of benzene rings is 2. The maximum Gasteiger partial charge on any atom is 0.291 e. The van der Waals surface area contributed by atoms with E-state index >= 15 is 0 Å². The number of rotatable bonds is 5. The van der Waals surface area contributed by atoms with E-state index in [1.807, 2.05) is 30.3 Å². The molecule has 0 saturated heterocycles. The third-order valence-corrected chi connectivity index (χ3v) is 3.31. The molecule has 1 aromatic heterocycles. The standard InChI is InChI=1S/C17H15FN4O2/c18-13-8-6-12(7-9-13)16-20-15(17(24)19-10-11-23)21-22(16)14-4-2-1-3-5-14/h1-9,23H,10-11H2,(H,19,24). The zero-order valence-corrected chi connectivity index (χ0v) is 12.7. The Morgan fingerprint density at radius 1 is 1.12 bits per heavy atom. The number of nitrogens with one attached hydrogen (secondary N) is 1. The lowest BCUT2D eigenvalue weighted by Gasteiger charge is -2.05. The van der Waals surface area contributed by atoms with Gasteiger partial charge in [-0.3, -0.25) is 4.79 Å². The lowest BCUT2D eigenvalue weighted by Crippen LogP contribution is -2.27. The predicted molar refractivity (Wildman–Crippen MR) is 86.2 cm³/mol. The second-order valence-electron chi connectivity index (χ2n) is 4.99. The summed E-state index contributed by atoms with van der Waals surface area (Å²) in [4.78, 5) is 16.3. The molecule has 1 amide bonds. The molecule has 0 atom stereocenters. The first-order valence-electron chi connectivity index (χ1n) is 7.36. The average Bonchev–Trinajstić information content (AvgIpc) is 3.06. The fourth-order valence-corrected chi connectivity index (χ4v) is 2.19. The Kier molecular flexibility index (Phi) is 4.62. The fraction of sp³-hybridized carbons (Fsp3) is 0.118. The summed E-state index contributed by atoms with van der Waals surface area (Å²) in [7, 11) is 0. The van der Waals surface area contributed by atoms with E-state index in [-0.39, 0.29) is 24.8 Å². The Balaban J connectivity index is 2.06. The smallest absolute Gasteiger partial charge is 0.291 e. The van der Waals surface area contributed by atoms with Gasteiger partial charge in [0.2, 0.25) is 5.82 Å². The van der Waals surface area contributed by atoms with Gasteiger partial charge in [0.05, 0.1) is 12.3 Å². The maximum atomic E-state index is 13.2. The first kappa shape index (κ1) is 15.8.